The van der Waals surface area contributed by atoms with Gasteiger partial charge in [-0.2, -0.15) is 13.2 Å². The van der Waals surface area contributed by atoms with Crippen molar-refractivity contribution < 1.29 is 22.9 Å². The number of nitro benzene ring substituents is 1. The van der Waals surface area contributed by atoms with E-state index in [0.29, 0.717) is 0 Å². The van der Waals surface area contributed by atoms with Crippen LogP contribution in [-0.4, -0.2) is 30.1 Å². The number of nitrogens with one attached hydrogen (secondary N) is 2. The van der Waals surface area contributed by atoms with Crippen LogP contribution in [0.3, 0.4) is 0 Å². The van der Waals surface area contributed by atoms with E-state index in [1.54, 1.807) is 0 Å². The molecule has 20 heavy (non-hydrogen) atoms. The van der Waals surface area contributed by atoms with E-state index in [2.05, 4.69) is 5.32 Å². The molecular formula is C11H12F3N3O3. The molecule has 0 saturated heterocycles. The fourth-order valence-corrected chi connectivity index (χ4v) is 1.47. The van der Waals surface area contributed by atoms with Crippen LogP contribution in [0.5, 0.6) is 0 Å². The zero-order valence-electron chi connectivity index (χ0n) is 10.5. The molecule has 110 valence electrons. The molecule has 1 amide bonds. The number of rotatable bonds is 5. The van der Waals surface area contributed by atoms with Crippen molar-refractivity contribution in [3.05, 3.63) is 33.9 Å². The standard InChI is InChI=1S/C11H12F3N3O3/c1-7-8(3-2-4-9(7)17(19)20)16-10(18)5-15-6-11(12,13)14/h2-4,15H,5-6H2,1H3,(H,16,18). The van der Waals surface area contributed by atoms with Gasteiger partial charge in [-0.25, -0.2) is 0 Å². The van der Waals surface area contributed by atoms with Gasteiger partial charge in [0.1, 0.15) is 0 Å². The highest BCUT2D eigenvalue weighted by Crippen LogP contribution is 2.24. The van der Waals surface area contributed by atoms with Crippen LogP contribution in [0.15, 0.2) is 18.2 Å². The number of hydrogen-bond acceptors (Lipinski definition) is 4. The van der Waals surface area contributed by atoms with E-state index in [-0.39, 0.29) is 16.9 Å². The molecule has 1 aromatic carbocycles. The Morgan fingerprint density at radius 2 is 2.05 bits per heavy atom. The summed E-state index contributed by atoms with van der Waals surface area (Å²) in [7, 11) is 0. The Morgan fingerprint density at radius 1 is 1.40 bits per heavy atom. The molecule has 0 aliphatic heterocycles. The van der Waals surface area contributed by atoms with Gasteiger partial charge in [0.2, 0.25) is 5.91 Å². The summed E-state index contributed by atoms with van der Waals surface area (Å²) in [4.78, 5) is 21.5. The molecule has 0 saturated carbocycles. The van der Waals surface area contributed by atoms with E-state index >= 15 is 0 Å². The Morgan fingerprint density at radius 3 is 2.60 bits per heavy atom. The number of amides is 1. The fraction of sp³-hybridized carbons (Fsp3) is 0.364. The van der Waals surface area contributed by atoms with Crippen LogP contribution in [-0.2, 0) is 4.79 Å². The molecule has 1 aromatic rings. The van der Waals surface area contributed by atoms with Gasteiger partial charge in [-0.1, -0.05) is 6.07 Å². The number of nitrogens with zero attached hydrogens (tertiary/aromatic N) is 1. The van der Waals surface area contributed by atoms with E-state index in [4.69, 9.17) is 0 Å². The van der Waals surface area contributed by atoms with E-state index in [9.17, 15) is 28.1 Å². The molecule has 1 rings (SSSR count). The first-order chi connectivity index (χ1) is 9.20. The quantitative estimate of drug-likeness (QED) is 0.642. The van der Waals surface area contributed by atoms with Crippen molar-refractivity contribution in [2.45, 2.75) is 13.1 Å². The lowest BCUT2D eigenvalue weighted by atomic mass is 10.1. The average Bonchev–Trinajstić information content (AvgIpc) is 2.29. The Balaban J connectivity index is 2.63. The van der Waals surface area contributed by atoms with E-state index in [0.717, 1.165) is 0 Å². The minimum absolute atomic E-state index is 0.175. The van der Waals surface area contributed by atoms with Crippen molar-refractivity contribution in [3.8, 4) is 0 Å². The number of carbonyl (C=O) groups is 1. The van der Waals surface area contributed by atoms with Crippen molar-refractivity contribution in [3.63, 3.8) is 0 Å². The lowest BCUT2D eigenvalue weighted by Gasteiger charge is -2.10. The molecular weight excluding hydrogens is 279 g/mol. The third-order valence-corrected chi connectivity index (χ3v) is 2.39. The van der Waals surface area contributed by atoms with Gasteiger partial charge >= 0.3 is 6.18 Å². The number of carbonyl (C=O) groups excluding carboxylic acids is 1. The number of hydrogen-bond donors (Lipinski definition) is 2. The number of halogens is 3. The number of nitro groups is 1. The van der Waals surface area contributed by atoms with Crippen LogP contribution in [0, 0.1) is 17.0 Å². The largest absolute Gasteiger partial charge is 0.401 e. The van der Waals surface area contributed by atoms with E-state index < -0.39 is 30.1 Å². The lowest BCUT2D eigenvalue weighted by Crippen LogP contribution is -2.35. The molecule has 0 aromatic heterocycles. The second kappa shape index (κ2) is 6.33. The zero-order chi connectivity index (χ0) is 15.3. The van der Waals surface area contributed by atoms with E-state index in [1.165, 1.54) is 25.1 Å². The third kappa shape index (κ3) is 4.84. The summed E-state index contributed by atoms with van der Waals surface area (Å²) >= 11 is 0. The topological polar surface area (TPSA) is 84.3 Å². The van der Waals surface area contributed by atoms with Crippen LogP contribution in [0.4, 0.5) is 24.5 Å². The molecule has 0 heterocycles. The van der Waals surface area contributed by atoms with Crippen molar-refractivity contribution in [2.24, 2.45) is 0 Å². The maximum Gasteiger partial charge on any atom is 0.401 e. The van der Waals surface area contributed by atoms with Crippen LogP contribution in [0.1, 0.15) is 5.56 Å². The molecule has 0 bridgehead atoms. The highest BCUT2D eigenvalue weighted by Gasteiger charge is 2.26. The monoisotopic (exact) mass is 291 g/mol. The minimum Gasteiger partial charge on any atom is -0.324 e. The molecule has 0 atom stereocenters. The highest BCUT2D eigenvalue weighted by molar-refractivity contribution is 5.93. The van der Waals surface area contributed by atoms with Gasteiger partial charge < -0.3 is 10.6 Å². The normalized spacial score (nSPS) is 11.2. The third-order valence-electron chi connectivity index (χ3n) is 2.39. The molecule has 0 aliphatic carbocycles. The van der Waals surface area contributed by atoms with Crippen LogP contribution in [0.2, 0.25) is 0 Å². The smallest absolute Gasteiger partial charge is 0.324 e. The maximum absolute atomic E-state index is 11.9. The SMILES string of the molecule is Cc1c(NC(=O)CNCC(F)(F)F)cccc1[N+](=O)[O-]. The van der Waals surface area contributed by atoms with Gasteiger partial charge in [-0.05, 0) is 13.0 Å². The second-order valence-corrected chi connectivity index (χ2v) is 3.97. The number of anilines is 1. The Hall–Kier alpha value is -2.16. The van der Waals surface area contributed by atoms with Crippen LogP contribution < -0.4 is 10.6 Å². The zero-order valence-corrected chi connectivity index (χ0v) is 10.5. The minimum atomic E-state index is -4.40. The Labute approximate surface area is 112 Å². The van der Waals surface area contributed by atoms with Crippen molar-refractivity contribution in [2.75, 3.05) is 18.4 Å². The van der Waals surface area contributed by atoms with Gasteiger partial charge in [0.25, 0.3) is 5.69 Å². The summed E-state index contributed by atoms with van der Waals surface area (Å²) in [5, 5.41) is 14.9. The van der Waals surface area contributed by atoms with Gasteiger partial charge in [0.15, 0.2) is 0 Å². The molecule has 2 N–H and O–H groups in total. The van der Waals surface area contributed by atoms with Crippen molar-refractivity contribution >= 4 is 17.3 Å². The predicted molar refractivity (Wildman–Crippen MR) is 65.4 cm³/mol. The summed E-state index contributed by atoms with van der Waals surface area (Å²) in [5.41, 5.74) is 0.255. The van der Waals surface area contributed by atoms with Gasteiger partial charge in [-0.3, -0.25) is 14.9 Å². The summed E-state index contributed by atoms with van der Waals surface area (Å²) < 4.78 is 35.6. The number of alkyl halides is 3. The second-order valence-electron chi connectivity index (χ2n) is 3.97. The summed E-state index contributed by atoms with van der Waals surface area (Å²) in [6, 6.07) is 4.08. The maximum atomic E-state index is 11.9. The lowest BCUT2D eigenvalue weighted by molar-refractivity contribution is -0.385. The Bertz CT molecular complexity index is 517. The van der Waals surface area contributed by atoms with Crippen molar-refractivity contribution in [1.29, 1.82) is 0 Å². The molecule has 0 unspecified atom stereocenters. The summed E-state index contributed by atoms with van der Waals surface area (Å²) in [5.74, 6) is -0.710. The fourth-order valence-electron chi connectivity index (χ4n) is 1.47. The van der Waals surface area contributed by atoms with Crippen molar-refractivity contribution in [1.82, 2.24) is 5.32 Å². The van der Waals surface area contributed by atoms with Gasteiger partial charge in [0.05, 0.1) is 29.3 Å². The van der Waals surface area contributed by atoms with Crippen LogP contribution >= 0.6 is 0 Å². The molecule has 9 heteroatoms. The molecule has 0 radical (unpaired) electrons. The average molecular weight is 291 g/mol. The highest BCUT2D eigenvalue weighted by atomic mass is 19.4. The molecule has 0 spiro atoms. The first-order valence-corrected chi connectivity index (χ1v) is 5.52. The summed E-state index contributed by atoms with van der Waals surface area (Å²) in [6.07, 6.45) is -4.40. The summed E-state index contributed by atoms with van der Waals surface area (Å²) in [6.45, 7) is -0.382. The first kappa shape index (κ1) is 15.9. The molecule has 6 nitrogen and oxygen atoms in total. The van der Waals surface area contributed by atoms with Gasteiger partial charge in [0, 0.05) is 6.07 Å². The van der Waals surface area contributed by atoms with E-state index in [1.807, 2.05) is 5.32 Å². The Kier molecular flexibility index (Phi) is 5.03. The van der Waals surface area contributed by atoms with Crippen LogP contribution in [0.25, 0.3) is 0 Å². The predicted octanol–water partition coefficient (Wildman–Crippen LogP) is 1.99. The molecule has 0 aliphatic rings. The number of benzene rings is 1. The van der Waals surface area contributed by atoms with Gasteiger partial charge in [-0.15, -0.1) is 0 Å². The first-order valence-electron chi connectivity index (χ1n) is 5.52. The molecule has 0 fully saturated rings.